The molecule has 166 valence electrons. The molecule has 3 aromatic rings. The van der Waals surface area contributed by atoms with Crippen LogP contribution in [0.2, 0.25) is 0 Å². The van der Waals surface area contributed by atoms with Crippen molar-refractivity contribution in [1.29, 1.82) is 0 Å². The molecule has 3 heterocycles. The summed E-state index contributed by atoms with van der Waals surface area (Å²) in [5.74, 6) is -0.989. The number of benzene rings is 1. The van der Waals surface area contributed by atoms with Gasteiger partial charge in [-0.15, -0.1) is 21.5 Å². The number of rotatable bonds is 7. The minimum atomic E-state index is -0.843. The normalized spacial score (nSPS) is 16.2. The molecule has 1 aliphatic heterocycles. The number of hydrogen-bond acceptors (Lipinski definition) is 9. The van der Waals surface area contributed by atoms with Gasteiger partial charge in [0, 0.05) is 0 Å². The summed E-state index contributed by atoms with van der Waals surface area (Å²) in [5.41, 5.74) is 1.23. The Kier molecular flexibility index (Phi) is 6.07. The van der Waals surface area contributed by atoms with E-state index in [4.69, 9.17) is 4.74 Å². The topological polar surface area (TPSA) is 106 Å². The number of thiazole rings is 1. The highest BCUT2D eigenvalue weighted by Gasteiger charge is 2.46. The van der Waals surface area contributed by atoms with E-state index in [2.05, 4.69) is 15.2 Å². The second-order valence-corrected chi connectivity index (χ2v) is 9.70. The van der Waals surface area contributed by atoms with Crippen molar-refractivity contribution in [1.82, 2.24) is 15.2 Å². The number of aryl methyl sites for hydroxylation is 3. The fourth-order valence-corrected chi connectivity index (χ4v) is 5.15. The van der Waals surface area contributed by atoms with Gasteiger partial charge in [0.05, 0.1) is 33.8 Å². The van der Waals surface area contributed by atoms with Crippen molar-refractivity contribution in [2.24, 2.45) is 0 Å². The van der Waals surface area contributed by atoms with Gasteiger partial charge in [0.25, 0.3) is 5.91 Å². The molecule has 0 spiro atoms. The Bertz CT molecular complexity index is 1210. The fourth-order valence-electron chi connectivity index (χ4n) is 3.56. The number of aliphatic hydroxyl groups excluding tert-OH is 1. The summed E-state index contributed by atoms with van der Waals surface area (Å²) in [6.07, 6.45) is 0.881. The molecular weight excluding hydrogens is 448 g/mol. The van der Waals surface area contributed by atoms with Gasteiger partial charge in [-0.3, -0.25) is 14.5 Å². The predicted octanol–water partition coefficient (Wildman–Crippen LogP) is 4.49. The molecule has 0 saturated carbocycles. The molecule has 0 bridgehead atoms. The average Bonchev–Trinajstić information content (AvgIpc) is 3.42. The lowest BCUT2D eigenvalue weighted by molar-refractivity contribution is -0.117. The van der Waals surface area contributed by atoms with E-state index in [1.165, 1.54) is 27.6 Å². The monoisotopic (exact) mass is 470 g/mol. The number of ether oxygens (including phenoxy) is 1. The van der Waals surface area contributed by atoms with E-state index >= 15 is 0 Å². The number of carbonyl (C=O) groups excluding carboxylic acids is 2. The molecule has 4 rings (SSSR count). The number of Topliss-reactive ketones (excluding diaryl/α,β-unsaturated/α-hetero) is 1. The first-order chi connectivity index (χ1) is 15.3. The fraction of sp³-hybridized carbons (Fsp3) is 0.318. The molecule has 0 aliphatic carbocycles. The first kappa shape index (κ1) is 22.1. The van der Waals surface area contributed by atoms with Gasteiger partial charge in [-0.2, -0.15) is 0 Å². The van der Waals surface area contributed by atoms with Gasteiger partial charge in [0.2, 0.25) is 10.9 Å². The average molecular weight is 471 g/mol. The summed E-state index contributed by atoms with van der Waals surface area (Å²) in [5, 5.41) is 20.6. The lowest BCUT2D eigenvalue weighted by Crippen LogP contribution is -2.31. The van der Waals surface area contributed by atoms with Gasteiger partial charge in [-0.1, -0.05) is 30.4 Å². The summed E-state index contributed by atoms with van der Waals surface area (Å²) in [7, 11) is 0. The molecule has 2 aromatic heterocycles. The molecule has 1 atom stereocenters. The van der Waals surface area contributed by atoms with E-state index in [1.807, 2.05) is 13.8 Å². The van der Waals surface area contributed by atoms with Gasteiger partial charge in [-0.05, 0) is 44.9 Å². The minimum absolute atomic E-state index is 0.0110. The van der Waals surface area contributed by atoms with Gasteiger partial charge < -0.3 is 9.84 Å². The first-order valence-electron chi connectivity index (χ1n) is 10.1. The number of aromatic nitrogens is 3. The third-order valence-corrected chi connectivity index (χ3v) is 6.86. The zero-order chi connectivity index (χ0) is 23.0. The molecule has 1 N–H and O–H groups in total. The smallest absolute Gasteiger partial charge is 0.296 e. The third-order valence-electron chi connectivity index (χ3n) is 4.95. The van der Waals surface area contributed by atoms with Crippen LogP contribution in [0.1, 0.15) is 50.3 Å². The minimum Gasteiger partial charge on any atom is -0.503 e. The Morgan fingerprint density at radius 1 is 1.12 bits per heavy atom. The number of hydrogen-bond donors (Lipinski definition) is 1. The summed E-state index contributed by atoms with van der Waals surface area (Å²) >= 11 is 2.46. The van der Waals surface area contributed by atoms with Gasteiger partial charge in [-0.25, -0.2) is 4.98 Å². The highest BCUT2D eigenvalue weighted by atomic mass is 32.1. The first-order valence-corrected chi connectivity index (χ1v) is 11.7. The Morgan fingerprint density at radius 3 is 2.41 bits per heavy atom. The van der Waals surface area contributed by atoms with Crippen LogP contribution >= 0.6 is 22.7 Å². The van der Waals surface area contributed by atoms with Crippen molar-refractivity contribution in [2.45, 2.75) is 40.2 Å². The van der Waals surface area contributed by atoms with E-state index in [-0.39, 0.29) is 5.57 Å². The van der Waals surface area contributed by atoms with Crippen LogP contribution in [0.3, 0.4) is 0 Å². The van der Waals surface area contributed by atoms with E-state index in [9.17, 15) is 14.7 Å². The second kappa shape index (κ2) is 8.79. The molecule has 1 amide bonds. The molecule has 8 nitrogen and oxygen atoms in total. The SMILES string of the molecule is CCCOc1ccc(C2C(C(=O)c3sc(C)nc3C)=C(O)C(=O)N2c2nnc(C)s2)cc1. The number of nitrogens with zero attached hydrogens (tertiary/aromatic N) is 4. The summed E-state index contributed by atoms with van der Waals surface area (Å²) < 4.78 is 5.66. The molecule has 0 saturated heterocycles. The van der Waals surface area contributed by atoms with Crippen molar-refractivity contribution < 1.29 is 19.4 Å². The van der Waals surface area contributed by atoms with E-state index in [0.717, 1.165) is 11.4 Å². The number of amides is 1. The van der Waals surface area contributed by atoms with Crippen LogP contribution in [0.15, 0.2) is 35.6 Å². The Hall–Kier alpha value is -3.11. The van der Waals surface area contributed by atoms with E-state index in [1.54, 1.807) is 38.1 Å². The quantitative estimate of drug-likeness (QED) is 0.507. The van der Waals surface area contributed by atoms with Crippen LogP contribution in [-0.4, -0.2) is 38.6 Å². The standard InChI is InChI=1S/C22H22N4O4S2/c1-5-10-30-15-8-6-14(7-9-15)17-16(18(27)20-11(2)23-12(3)31-20)19(28)21(29)26(17)22-25-24-13(4)32-22/h6-9,17,28H,5,10H2,1-4H3. The molecule has 1 aromatic carbocycles. The molecule has 0 fully saturated rings. The molecular formula is C22H22N4O4S2. The van der Waals surface area contributed by atoms with Crippen molar-refractivity contribution >= 4 is 39.5 Å². The van der Waals surface area contributed by atoms with Crippen molar-refractivity contribution in [2.75, 3.05) is 11.5 Å². The van der Waals surface area contributed by atoms with Crippen LogP contribution in [0.25, 0.3) is 0 Å². The largest absolute Gasteiger partial charge is 0.503 e. The van der Waals surface area contributed by atoms with Gasteiger partial charge in [0.15, 0.2) is 5.76 Å². The maximum atomic E-state index is 13.5. The van der Waals surface area contributed by atoms with Crippen molar-refractivity contribution in [3.8, 4) is 5.75 Å². The van der Waals surface area contributed by atoms with Crippen LogP contribution in [0.4, 0.5) is 5.13 Å². The molecule has 10 heteroatoms. The number of anilines is 1. The highest BCUT2D eigenvalue weighted by Crippen LogP contribution is 2.43. The molecule has 1 unspecified atom stereocenters. The van der Waals surface area contributed by atoms with Crippen LogP contribution in [-0.2, 0) is 4.79 Å². The van der Waals surface area contributed by atoms with Gasteiger partial charge in [0.1, 0.15) is 10.8 Å². The molecule has 0 radical (unpaired) electrons. The summed E-state index contributed by atoms with van der Waals surface area (Å²) in [6, 6.07) is 6.32. The zero-order valence-electron chi connectivity index (χ0n) is 18.1. The lowest BCUT2D eigenvalue weighted by Gasteiger charge is -2.24. The maximum absolute atomic E-state index is 13.5. The third kappa shape index (κ3) is 3.91. The van der Waals surface area contributed by atoms with Crippen molar-refractivity contribution in [3.05, 3.63) is 61.7 Å². The Labute approximate surface area is 193 Å². The Morgan fingerprint density at radius 2 is 1.84 bits per heavy atom. The number of carbonyl (C=O) groups is 2. The van der Waals surface area contributed by atoms with E-state index in [0.29, 0.717) is 38.6 Å². The van der Waals surface area contributed by atoms with Crippen LogP contribution in [0, 0.1) is 20.8 Å². The predicted molar refractivity (Wildman–Crippen MR) is 123 cm³/mol. The zero-order valence-corrected chi connectivity index (χ0v) is 19.7. The molecule has 32 heavy (non-hydrogen) atoms. The number of ketones is 1. The maximum Gasteiger partial charge on any atom is 0.296 e. The number of aliphatic hydroxyl groups is 1. The Balaban J connectivity index is 1.81. The molecule has 1 aliphatic rings. The second-order valence-electron chi connectivity index (χ2n) is 7.34. The van der Waals surface area contributed by atoms with Gasteiger partial charge >= 0.3 is 0 Å². The lowest BCUT2D eigenvalue weighted by atomic mass is 9.95. The van der Waals surface area contributed by atoms with Crippen molar-refractivity contribution in [3.63, 3.8) is 0 Å². The van der Waals surface area contributed by atoms with Crippen LogP contribution < -0.4 is 9.64 Å². The summed E-state index contributed by atoms with van der Waals surface area (Å²) in [4.78, 5) is 32.7. The van der Waals surface area contributed by atoms with E-state index < -0.39 is 23.5 Å². The highest BCUT2D eigenvalue weighted by molar-refractivity contribution is 7.15. The summed E-state index contributed by atoms with van der Waals surface area (Å²) in [6.45, 7) is 7.94. The van der Waals surface area contributed by atoms with Crippen LogP contribution in [0.5, 0.6) is 5.75 Å².